The maximum absolute atomic E-state index is 13.1. The molecule has 0 fully saturated rings. The molecule has 0 bridgehead atoms. The first kappa shape index (κ1) is 21.2. The Bertz CT molecular complexity index is 1120. The van der Waals surface area contributed by atoms with E-state index in [9.17, 15) is 14.7 Å². The normalized spacial score (nSPS) is 10.8. The molecular weight excluding hydrogens is 384 g/mol. The third-order valence-corrected chi connectivity index (χ3v) is 5.01. The minimum Gasteiger partial charge on any atom is -0.506 e. The van der Waals surface area contributed by atoms with Gasteiger partial charge in [-0.05, 0) is 36.2 Å². The molecule has 3 rings (SSSR count). The second-order valence-corrected chi connectivity index (χ2v) is 6.92. The molecule has 0 saturated carbocycles. The maximum atomic E-state index is 13.1. The first-order valence-electron chi connectivity index (χ1n) is 9.85. The van der Waals surface area contributed by atoms with Crippen LogP contribution in [0.3, 0.4) is 0 Å². The average molecular weight is 410 g/mol. The monoisotopic (exact) mass is 410 g/mol. The van der Waals surface area contributed by atoms with Crippen LogP contribution in [-0.2, 0) is 13.1 Å². The van der Waals surface area contributed by atoms with Crippen LogP contribution >= 0.6 is 0 Å². The van der Waals surface area contributed by atoms with Crippen LogP contribution < -0.4 is 20.3 Å². The van der Waals surface area contributed by atoms with Crippen molar-refractivity contribution in [1.82, 2.24) is 9.88 Å². The van der Waals surface area contributed by atoms with E-state index in [1.54, 1.807) is 54.1 Å². The summed E-state index contributed by atoms with van der Waals surface area (Å²) in [5, 5.41) is 13.9. The molecule has 0 aliphatic carbocycles. The number of rotatable bonds is 8. The predicted octanol–water partition coefficient (Wildman–Crippen LogP) is 3.45. The molecule has 2 N–H and O–H groups in total. The molecule has 0 radical (unpaired) electrons. The Morgan fingerprint density at radius 3 is 2.53 bits per heavy atom. The number of carbonyl (C=O) groups is 1. The quantitative estimate of drug-likeness (QED) is 0.594. The van der Waals surface area contributed by atoms with Crippen LogP contribution in [0.4, 0.5) is 0 Å². The Labute approximate surface area is 174 Å². The van der Waals surface area contributed by atoms with E-state index >= 15 is 0 Å². The maximum Gasteiger partial charge on any atom is 0.267 e. The number of benzene rings is 2. The van der Waals surface area contributed by atoms with Crippen molar-refractivity contribution in [3.63, 3.8) is 0 Å². The van der Waals surface area contributed by atoms with Gasteiger partial charge in [0, 0.05) is 18.5 Å². The van der Waals surface area contributed by atoms with Gasteiger partial charge in [0.1, 0.15) is 11.3 Å². The van der Waals surface area contributed by atoms with Crippen LogP contribution in [0.25, 0.3) is 10.9 Å². The van der Waals surface area contributed by atoms with Crippen molar-refractivity contribution in [1.29, 1.82) is 0 Å². The Hall–Kier alpha value is -3.48. The molecule has 7 heteroatoms. The van der Waals surface area contributed by atoms with Gasteiger partial charge in [-0.15, -0.1) is 0 Å². The first-order chi connectivity index (χ1) is 14.5. The number of pyridine rings is 1. The van der Waals surface area contributed by atoms with Gasteiger partial charge in [-0.1, -0.05) is 31.5 Å². The molecule has 1 heterocycles. The summed E-state index contributed by atoms with van der Waals surface area (Å²) in [5.74, 6) is 0.203. The van der Waals surface area contributed by atoms with Crippen molar-refractivity contribution in [2.24, 2.45) is 0 Å². The topological polar surface area (TPSA) is 89.8 Å². The number of aromatic nitrogens is 1. The highest BCUT2D eigenvalue weighted by molar-refractivity contribution is 6.02. The SMILES string of the molecule is CCCCn1c(=O)c(C(=O)NCc2ccc(OC)c(OC)c2)c(O)c2ccccc21. The Morgan fingerprint density at radius 1 is 1.10 bits per heavy atom. The molecule has 3 aromatic rings. The van der Waals surface area contributed by atoms with Crippen molar-refractivity contribution in [2.75, 3.05) is 14.2 Å². The fraction of sp³-hybridized carbons (Fsp3) is 0.304. The van der Waals surface area contributed by atoms with Crippen molar-refractivity contribution in [3.8, 4) is 17.2 Å². The number of hydrogen-bond donors (Lipinski definition) is 2. The molecule has 158 valence electrons. The minimum absolute atomic E-state index is 0.167. The second-order valence-electron chi connectivity index (χ2n) is 6.92. The van der Waals surface area contributed by atoms with Crippen molar-refractivity contribution in [2.45, 2.75) is 32.9 Å². The van der Waals surface area contributed by atoms with Crippen LogP contribution in [0.1, 0.15) is 35.7 Å². The molecule has 30 heavy (non-hydrogen) atoms. The van der Waals surface area contributed by atoms with Gasteiger partial charge in [0.2, 0.25) is 0 Å². The van der Waals surface area contributed by atoms with Gasteiger partial charge in [0.05, 0.1) is 19.7 Å². The van der Waals surface area contributed by atoms with E-state index < -0.39 is 11.5 Å². The molecule has 0 atom stereocenters. The van der Waals surface area contributed by atoms with E-state index in [1.165, 1.54) is 7.11 Å². The summed E-state index contributed by atoms with van der Waals surface area (Å²) in [6, 6.07) is 12.3. The summed E-state index contributed by atoms with van der Waals surface area (Å²) in [4.78, 5) is 25.9. The number of amides is 1. The molecule has 7 nitrogen and oxygen atoms in total. The summed E-state index contributed by atoms with van der Waals surface area (Å²) in [7, 11) is 3.08. The summed E-state index contributed by atoms with van der Waals surface area (Å²) < 4.78 is 12.1. The summed E-state index contributed by atoms with van der Waals surface area (Å²) >= 11 is 0. The van der Waals surface area contributed by atoms with E-state index in [0.29, 0.717) is 28.9 Å². The van der Waals surface area contributed by atoms with Crippen LogP contribution in [0.5, 0.6) is 17.2 Å². The van der Waals surface area contributed by atoms with Gasteiger partial charge >= 0.3 is 0 Å². The second kappa shape index (κ2) is 9.35. The molecule has 1 aromatic heterocycles. The molecule has 0 aliphatic heterocycles. The van der Waals surface area contributed by atoms with Gasteiger partial charge in [-0.3, -0.25) is 9.59 Å². The van der Waals surface area contributed by atoms with E-state index in [0.717, 1.165) is 18.4 Å². The molecule has 2 aromatic carbocycles. The Morgan fingerprint density at radius 2 is 1.83 bits per heavy atom. The van der Waals surface area contributed by atoms with Crippen molar-refractivity contribution in [3.05, 3.63) is 63.9 Å². The van der Waals surface area contributed by atoms with E-state index in [2.05, 4.69) is 5.32 Å². The lowest BCUT2D eigenvalue weighted by Crippen LogP contribution is -2.33. The van der Waals surface area contributed by atoms with Crippen LogP contribution in [-0.4, -0.2) is 29.8 Å². The van der Waals surface area contributed by atoms with Crippen molar-refractivity contribution >= 4 is 16.8 Å². The molecule has 0 aliphatic rings. The highest BCUT2D eigenvalue weighted by atomic mass is 16.5. The zero-order chi connectivity index (χ0) is 21.7. The van der Waals surface area contributed by atoms with Crippen molar-refractivity contribution < 1.29 is 19.4 Å². The number of ether oxygens (including phenoxy) is 2. The number of nitrogens with zero attached hydrogens (tertiary/aromatic N) is 1. The zero-order valence-corrected chi connectivity index (χ0v) is 17.4. The molecule has 1 amide bonds. The predicted molar refractivity (Wildman–Crippen MR) is 115 cm³/mol. The van der Waals surface area contributed by atoms with E-state index in [4.69, 9.17) is 9.47 Å². The molecule has 0 unspecified atom stereocenters. The lowest BCUT2D eigenvalue weighted by Gasteiger charge is -2.15. The molecule has 0 saturated heterocycles. The number of nitrogens with one attached hydrogen (secondary N) is 1. The Balaban J connectivity index is 1.94. The molecular formula is C23H26N2O5. The van der Waals surface area contributed by atoms with Gasteiger partial charge in [-0.2, -0.15) is 0 Å². The lowest BCUT2D eigenvalue weighted by molar-refractivity contribution is 0.0946. The zero-order valence-electron chi connectivity index (χ0n) is 17.4. The van der Waals surface area contributed by atoms with E-state index in [1.807, 2.05) is 6.92 Å². The molecule has 0 spiro atoms. The Kier molecular flexibility index (Phi) is 6.61. The first-order valence-corrected chi connectivity index (χ1v) is 9.85. The highest BCUT2D eigenvalue weighted by Gasteiger charge is 2.22. The standard InChI is InChI=1S/C23H26N2O5/c1-4-5-12-25-17-9-7-6-8-16(17)21(26)20(23(25)28)22(27)24-14-15-10-11-18(29-2)19(13-15)30-3/h6-11,13,26H,4-5,12,14H2,1-3H3,(H,24,27). The van der Waals surface area contributed by atoms with Gasteiger partial charge < -0.3 is 24.5 Å². The fourth-order valence-corrected chi connectivity index (χ4v) is 3.39. The highest BCUT2D eigenvalue weighted by Crippen LogP contribution is 2.28. The van der Waals surface area contributed by atoms with Crippen LogP contribution in [0, 0.1) is 0 Å². The number of para-hydroxylation sites is 1. The minimum atomic E-state index is -0.622. The van der Waals surface area contributed by atoms with Gasteiger partial charge in [0.15, 0.2) is 11.5 Å². The summed E-state index contributed by atoms with van der Waals surface area (Å²) in [6.45, 7) is 2.68. The number of aryl methyl sites for hydroxylation is 1. The number of carbonyl (C=O) groups excluding carboxylic acids is 1. The summed E-state index contributed by atoms with van der Waals surface area (Å²) in [5.41, 5.74) is 0.646. The van der Waals surface area contributed by atoms with Crippen LogP contribution in [0.2, 0.25) is 0 Å². The lowest BCUT2D eigenvalue weighted by atomic mass is 10.1. The number of aromatic hydroxyl groups is 1. The summed E-state index contributed by atoms with van der Waals surface area (Å²) in [6.07, 6.45) is 1.70. The largest absolute Gasteiger partial charge is 0.506 e. The van der Waals surface area contributed by atoms with Crippen LogP contribution in [0.15, 0.2) is 47.3 Å². The van der Waals surface area contributed by atoms with Gasteiger partial charge in [-0.25, -0.2) is 0 Å². The average Bonchev–Trinajstić information content (AvgIpc) is 2.77. The van der Waals surface area contributed by atoms with Gasteiger partial charge in [0.25, 0.3) is 11.5 Å². The fourth-order valence-electron chi connectivity index (χ4n) is 3.39. The number of unbranched alkanes of at least 4 members (excludes halogenated alkanes) is 1. The third kappa shape index (κ3) is 4.10. The third-order valence-electron chi connectivity index (χ3n) is 5.01. The van der Waals surface area contributed by atoms with E-state index in [-0.39, 0.29) is 17.9 Å². The number of methoxy groups -OCH3 is 2. The number of hydrogen-bond acceptors (Lipinski definition) is 5. The smallest absolute Gasteiger partial charge is 0.267 e. The number of fused-ring (bicyclic) bond motifs is 1.